The van der Waals surface area contributed by atoms with Gasteiger partial charge in [-0.15, -0.1) is 0 Å². The van der Waals surface area contributed by atoms with Gasteiger partial charge in [0.05, 0.1) is 6.17 Å². The molecule has 4 N–H and O–H groups in total. The Morgan fingerprint density at radius 1 is 0.609 bits per heavy atom. The molecule has 0 bridgehead atoms. The summed E-state index contributed by atoms with van der Waals surface area (Å²) < 4.78 is 0. The highest BCUT2D eigenvalue weighted by Gasteiger charge is 2.05. The van der Waals surface area contributed by atoms with E-state index in [1.165, 1.54) is 77.0 Å². The molecular weight excluding hydrogens is 282 g/mol. The number of rotatable bonds is 19. The van der Waals surface area contributed by atoms with Crippen LogP contribution in [0, 0.1) is 0 Å². The highest BCUT2D eigenvalue weighted by molar-refractivity contribution is 4.65. The maximum Gasteiger partial charge on any atom is 0.0572 e. The Bertz CT molecular complexity index is 191. The molecule has 0 atom stereocenters. The van der Waals surface area contributed by atoms with Gasteiger partial charge in [0.2, 0.25) is 0 Å². The lowest BCUT2D eigenvalue weighted by molar-refractivity contribution is 0.382. The Morgan fingerprint density at radius 2 is 1.04 bits per heavy atom. The summed E-state index contributed by atoms with van der Waals surface area (Å²) in [5, 5.41) is 7.38. The van der Waals surface area contributed by atoms with Gasteiger partial charge in [0, 0.05) is 0 Å². The molecule has 3 heteroatoms. The summed E-state index contributed by atoms with van der Waals surface area (Å²) in [6.45, 7) is 7.64. The van der Waals surface area contributed by atoms with Gasteiger partial charge in [-0.25, -0.2) is 0 Å². The molecule has 0 radical (unpaired) electrons. The second kappa shape index (κ2) is 19.9. The largest absolute Gasteiger partial charge is 0.330 e. The molecule has 0 heterocycles. The van der Waals surface area contributed by atoms with Crippen molar-refractivity contribution in [2.45, 2.75) is 110 Å². The molecule has 0 amide bonds. The highest BCUT2D eigenvalue weighted by atomic mass is 15.1. The smallest absolute Gasteiger partial charge is 0.0572 e. The molecule has 0 fully saturated rings. The molecule has 140 valence electrons. The average molecular weight is 328 g/mol. The van der Waals surface area contributed by atoms with Crippen molar-refractivity contribution in [3.05, 3.63) is 0 Å². The van der Waals surface area contributed by atoms with Crippen molar-refractivity contribution >= 4 is 0 Å². The van der Waals surface area contributed by atoms with Crippen molar-refractivity contribution in [2.75, 3.05) is 19.6 Å². The molecule has 0 aromatic carbocycles. The first-order valence-corrected chi connectivity index (χ1v) is 10.5. The van der Waals surface area contributed by atoms with E-state index in [2.05, 4.69) is 24.5 Å². The maximum atomic E-state index is 5.67. The van der Waals surface area contributed by atoms with E-state index in [4.69, 9.17) is 5.73 Å². The van der Waals surface area contributed by atoms with E-state index >= 15 is 0 Å². The Kier molecular flexibility index (Phi) is 19.8. The van der Waals surface area contributed by atoms with Gasteiger partial charge in [-0.3, -0.25) is 0 Å². The predicted molar refractivity (Wildman–Crippen MR) is 105 cm³/mol. The first-order chi connectivity index (χ1) is 11.3. The fraction of sp³-hybridized carbons (Fsp3) is 1.00. The fourth-order valence-electron chi connectivity index (χ4n) is 2.96. The number of hydrogen-bond donors (Lipinski definition) is 3. The molecule has 0 saturated carbocycles. The van der Waals surface area contributed by atoms with Crippen molar-refractivity contribution < 1.29 is 0 Å². The van der Waals surface area contributed by atoms with Crippen LogP contribution in [0.5, 0.6) is 0 Å². The summed E-state index contributed by atoms with van der Waals surface area (Å²) in [6, 6.07) is 0. The predicted octanol–water partition coefficient (Wildman–Crippen LogP) is 4.95. The standard InChI is InChI=1S/C20H45N3/c1-3-5-7-9-11-13-18-22-20(16-15-17-21)23-19-14-12-10-8-6-4-2/h20,22-23H,3-19,21H2,1-2H3. The molecule has 0 unspecified atom stereocenters. The number of unbranched alkanes of at least 4 members (excludes halogenated alkanes) is 10. The Labute approximate surface area is 146 Å². The molecule has 0 saturated heterocycles. The van der Waals surface area contributed by atoms with Crippen LogP contribution in [0.3, 0.4) is 0 Å². The van der Waals surface area contributed by atoms with Gasteiger partial charge in [-0.1, -0.05) is 78.1 Å². The lowest BCUT2D eigenvalue weighted by Gasteiger charge is -2.20. The topological polar surface area (TPSA) is 50.1 Å². The van der Waals surface area contributed by atoms with Crippen molar-refractivity contribution in [3.8, 4) is 0 Å². The van der Waals surface area contributed by atoms with E-state index < -0.39 is 0 Å². The van der Waals surface area contributed by atoms with Gasteiger partial charge in [-0.05, 0) is 45.3 Å². The summed E-state index contributed by atoms with van der Waals surface area (Å²) in [6.07, 6.45) is 19.1. The van der Waals surface area contributed by atoms with Gasteiger partial charge < -0.3 is 16.4 Å². The van der Waals surface area contributed by atoms with E-state index in [0.29, 0.717) is 6.17 Å². The van der Waals surface area contributed by atoms with E-state index in [9.17, 15) is 0 Å². The minimum atomic E-state index is 0.463. The highest BCUT2D eigenvalue weighted by Crippen LogP contribution is 2.06. The van der Waals surface area contributed by atoms with Crippen LogP contribution in [-0.4, -0.2) is 25.8 Å². The van der Waals surface area contributed by atoms with Crippen LogP contribution in [-0.2, 0) is 0 Å². The Hall–Kier alpha value is -0.120. The maximum absolute atomic E-state index is 5.67. The zero-order valence-corrected chi connectivity index (χ0v) is 16.2. The van der Waals surface area contributed by atoms with Crippen molar-refractivity contribution in [2.24, 2.45) is 5.73 Å². The third-order valence-corrected chi connectivity index (χ3v) is 4.54. The molecule has 23 heavy (non-hydrogen) atoms. The molecule has 3 nitrogen and oxygen atoms in total. The zero-order chi connectivity index (χ0) is 17.0. The van der Waals surface area contributed by atoms with E-state index in [1.54, 1.807) is 0 Å². The van der Waals surface area contributed by atoms with Crippen LogP contribution in [0.4, 0.5) is 0 Å². The average Bonchev–Trinajstić information content (AvgIpc) is 2.57. The van der Waals surface area contributed by atoms with Gasteiger partial charge in [0.15, 0.2) is 0 Å². The van der Waals surface area contributed by atoms with Crippen molar-refractivity contribution in [1.29, 1.82) is 0 Å². The van der Waals surface area contributed by atoms with E-state index in [0.717, 1.165) is 32.5 Å². The minimum absolute atomic E-state index is 0.463. The van der Waals surface area contributed by atoms with Crippen LogP contribution in [0.2, 0.25) is 0 Å². The molecule has 0 aliphatic heterocycles. The third kappa shape index (κ3) is 18.1. The van der Waals surface area contributed by atoms with Crippen molar-refractivity contribution in [3.63, 3.8) is 0 Å². The summed E-state index contributed by atoms with van der Waals surface area (Å²) in [4.78, 5) is 0. The molecule has 0 spiro atoms. The SMILES string of the molecule is CCCCCCCCNC(CCCN)NCCCCCCCC. The summed E-state index contributed by atoms with van der Waals surface area (Å²) in [7, 11) is 0. The van der Waals surface area contributed by atoms with Crippen LogP contribution in [0.1, 0.15) is 104 Å². The van der Waals surface area contributed by atoms with Crippen LogP contribution >= 0.6 is 0 Å². The minimum Gasteiger partial charge on any atom is -0.330 e. The fourth-order valence-corrected chi connectivity index (χ4v) is 2.96. The van der Waals surface area contributed by atoms with E-state index in [-0.39, 0.29) is 0 Å². The molecule has 0 rings (SSSR count). The molecule has 0 aliphatic carbocycles. The van der Waals surface area contributed by atoms with Crippen LogP contribution in [0.25, 0.3) is 0 Å². The number of nitrogens with one attached hydrogen (secondary N) is 2. The summed E-state index contributed by atoms with van der Waals surface area (Å²) in [5.41, 5.74) is 5.67. The molecule has 0 aromatic heterocycles. The lowest BCUT2D eigenvalue weighted by Crippen LogP contribution is -2.43. The lowest BCUT2D eigenvalue weighted by atomic mass is 10.1. The van der Waals surface area contributed by atoms with Gasteiger partial charge in [0.25, 0.3) is 0 Å². The molecule has 0 aliphatic rings. The number of hydrogen-bond acceptors (Lipinski definition) is 3. The summed E-state index contributed by atoms with van der Waals surface area (Å²) >= 11 is 0. The normalized spacial score (nSPS) is 11.5. The van der Waals surface area contributed by atoms with Gasteiger partial charge in [-0.2, -0.15) is 0 Å². The quantitative estimate of drug-likeness (QED) is 0.232. The van der Waals surface area contributed by atoms with Gasteiger partial charge in [0.1, 0.15) is 0 Å². The summed E-state index contributed by atoms with van der Waals surface area (Å²) in [5.74, 6) is 0. The van der Waals surface area contributed by atoms with Crippen LogP contribution < -0.4 is 16.4 Å². The molecular formula is C20H45N3. The van der Waals surface area contributed by atoms with Gasteiger partial charge >= 0.3 is 0 Å². The molecule has 0 aromatic rings. The zero-order valence-electron chi connectivity index (χ0n) is 16.2. The third-order valence-electron chi connectivity index (χ3n) is 4.54. The van der Waals surface area contributed by atoms with E-state index in [1.807, 2.05) is 0 Å². The first kappa shape index (κ1) is 22.9. The Balaban J connectivity index is 3.56. The van der Waals surface area contributed by atoms with Crippen molar-refractivity contribution in [1.82, 2.24) is 10.6 Å². The number of nitrogens with two attached hydrogens (primary N) is 1. The monoisotopic (exact) mass is 327 g/mol. The Morgan fingerprint density at radius 3 is 1.48 bits per heavy atom. The second-order valence-corrected chi connectivity index (χ2v) is 6.93. The second-order valence-electron chi connectivity index (χ2n) is 6.93. The first-order valence-electron chi connectivity index (χ1n) is 10.5. The van der Waals surface area contributed by atoms with Crippen LogP contribution in [0.15, 0.2) is 0 Å².